The summed E-state index contributed by atoms with van der Waals surface area (Å²) in [6, 6.07) is 3.97. The van der Waals surface area contributed by atoms with Crippen molar-refractivity contribution in [2.24, 2.45) is 11.7 Å². The van der Waals surface area contributed by atoms with Crippen molar-refractivity contribution in [2.45, 2.75) is 44.6 Å². The summed E-state index contributed by atoms with van der Waals surface area (Å²) in [6.45, 7) is 0. The predicted molar refractivity (Wildman–Crippen MR) is 64.6 cm³/mol. The Labute approximate surface area is 101 Å². The fraction of sp³-hybridized carbons (Fsp3) is 0.571. The predicted octanol–water partition coefficient (Wildman–Crippen LogP) is 3.41. The van der Waals surface area contributed by atoms with Crippen LogP contribution in [-0.4, -0.2) is 6.04 Å². The molecule has 2 rings (SSSR count). The van der Waals surface area contributed by atoms with Gasteiger partial charge in [0.1, 0.15) is 11.6 Å². The lowest BCUT2D eigenvalue weighted by Crippen LogP contribution is -2.30. The van der Waals surface area contributed by atoms with Crippen LogP contribution in [0.25, 0.3) is 0 Å². The maximum absolute atomic E-state index is 13.6. The van der Waals surface area contributed by atoms with Gasteiger partial charge in [0.2, 0.25) is 0 Å². The first-order valence-electron chi connectivity index (χ1n) is 6.36. The fourth-order valence-corrected chi connectivity index (χ4v) is 2.64. The van der Waals surface area contributed by atoms with Crippen molar-refractivity contribution in [1.29, 1.82) is 0 Å². The number of hydrogen-bond donors (Lipinski definition) is 1. The Morgan fingerprint density at radius 3 is 2.65 bits per heavy atom. The van der Waals surface area contributed by atoms with Crippen molar-refractivity contribution < 1.29 is 8.78 Å². The average Bonchev–Trinajstić information content (AvgIpc) is 2.48. The van der Waals surface area contributed by atoms with Gasteiger partial charge in [0.25, 0.3) is 0 Å². The van der Waals surface area contributed by atoms with E-state index < -0.39 is 11.6 Å². The molecule has 0 radical (unpaired) electrons. The van der Waals surface area contributed by atoms with Crippen LogP contribution in [0.4, 0.5) is 8.78 Å². The van der Waals surface area contributed by atoms with Gasteiger partial charge in [-0.25, -0.2) is 8.78 Å². The number of halogens is 2. The second-order valence-electron chi connectivity index (χ2n) is 5.00. The summed E-state index contributed by atoms with van der Waals surface area (Å²) < 4.78 is 26.4. The van der Waals surface area contributed by atoms with Crippen molar-refractivity contribution in [3.8, 4) is 0 Å². The molecule has 0 heterocycles. The van der Waals surface area contributed by atoms with Gasteiger partial charge in [0.15, 0.2) is 0 Å². The zero-order chi connectivity index (χ0) is 12.3. The molecule has 1 fully saturated rings. The third-order valence-corrected chi connectivity index (χ3v) is 3.72. The molecule has 2 unspecified atom stereocenters. The highest BCUT2D eigenvalue weighted by molar-refractivity contribution is 5.19. The lowest BCUT2D eigenvalue weighted by Gasteiger charge is -2.21. The molecular weight excluding hydrogens is 220 g/mol. The van der Waals surface area contributed by atoms with Crippen molar-refractivity contribution in [3.63, 3.8) is 0 Å². The van der Waals surface area contributed by atoms with Gasteiger partial charge in [-0.05, 0) is 36.8 Å². The summed E-state index contributed by atoms with van der Waals surface area (Å²) in [4.78, 5) is 0. The molecule has 0 spiro atoms. The van der Waals surface area contributed by atoms with Crippen LogP contribution in [0.3, 0.4) is 0 Å². The smallest absolute Gasteiger partial charge is 0.129 e. The molecule has 94 valence electrons. The molecule has 3 heteroatoms. The van der Waals surface area contributed by atoms with Crippen LogP contribution < -0.4 is 5.73 Å². The highest BCUT2D eigenvalue weighted by Gasteiger charge is 2.21. The van der Waals surface area contributed by atoms with Crippen LogP contribution in [0.2, 0.25) is 0 Å². The van der Waals surface area contributed by atoms with Crippen LogP contribution in [0, 0.1) is 17.6 Å². The summed E-state index contributed by atoms with van der Waals surface area (Å²) in [5, 5.41) is 0. The van der Waals surface area contributed by atoms with E-state index in [4.69, 9.17) is 5.73 Å². The number of hydrogen-bond acceptors (Lipinski definition) is 1. The first-order valence-corrected chi connectivity index (χ1v) is 6.36. The molecule has 0 amide bonds. The van der Waals surface area contributed by atoms with Crippen molar-refractivity contribution in [1.82, 2.24) is 0 Å². The SMILES string of the molecule is NC1CCCCCC1Cc1ccc(F)cc1F. The number of nitrogens with two attached hydrogens (primary N) is 1. The molecule has 1 aliphatic rings. The van der Waals surface area contributed by atoms with Crippen LogP contribution >= 0.6 is 0 Å². The zero-order valence-electron chi connectivity index (χ0n) is 9.96. The van der Waals surface area contributed by atoms with E-state index in [1.165, 1.54) is 25.3 Å². The van der Waals surface area contributed by atoms with Crippen LogP contribution in [-0.2, 0) is 6.42 Å². The van der Waals surface area contributed by atoms with Crippen molar-refractivity contribution in [2.75, 3.05) is 0 Å². The Balaban J connectivity index is 2.08. The molecular formula is C14H19F2N. The van der Waals surface area contributed by atoms with Crippen LogP contribution in [0.5, 0.6) is 0 Å². The molecule has 0 bridgehead atoms. The van der Waals surface area contributed by atoms with E-state index in [-0.39, 0.29) is 6.04 Å². The molecule has 0 saturated heterocycles. The number of benzene rings is 1. The largest absolute Gasteiger partial charge is 0.327 e. The second kappa shape index (κ2) is 5.58. The Kier molecular flexibility index (Phi) is 4.11. The minimum Gasteiger partial charge on any atom is -0.327 e. The number of rotatable bonds is 2. The van der Waals surface area contributed by atoms with E-state index in [2.05, 4.69) is 0 Å². The lowest BCUT2D eigenvalue weighted by atomic mass is 9.89. The Bertz CT molecular complexity index is 378. The topological polar surface area (TPSA) is 26.0 Å². The van der Waals surface area contributed by atoms with Gasteiger partial charge in [0, 0.05) is 12.1 Å². The first kappa shape index (κ1) is 12.5. The van der Waals surface area contributed by atoms with Gasteiger partial charge in [0.05, 0.1) is 0 Å². The van der Waals surface area contributed by atoms with E-state index in [0.29, 0.717) is 17.9 Å². The van der Waals surface area contributed by atoms with Crippen molar-refractivity contribution >= 4 is 0 Å². The second-order valence-corrected chi connectivity index (χ2v) is 5.00. The minimum absolute atomic E-state index is 0.155. The minimum atomic E-state index is -0.517. The molecule has 1 aliphatic carbocycles. The monoisotopic (exact) mass is 239 g/mol. The van der Waals surface area contributed by atoms with Gasteiger partial charge in [-0.1, -0.05) is 25.3 Å². The summed E-state index contributed by atoms with van der Waals surface area (Å²) in [6.07, 6.45) is 6.26. The zero-order valence-corrected chi connectivity index (χ0v) is 9.96. The highest BCUT2D eigenvalue weighted by atomic mass is 19.1. The highest BCUT2D eigenvalue weighted by Crippen LogP contribution is 2.26. The molecule has 1 aromatic rings. The standard InChI is InChI=1S/C14H19F2N/c15-12-7-6-10(13(16)9-12)8-11-4-2-1-3-5-14(11)17/h6-7,9,11,14H,1-5,8,17H2. The first-order chi connectivity index (χ1) is 8.16. The Morgan fingerprint density at radius 1 is 1.12 bits per heavy atom. The van der Waals surface area contributed by atoms with E-state index in [0.717, 1.165) is 18.9 Å². The third-order valence-electron chi connectivity index (χ3n) is 3.72. The van der Waals surface area contributed by atoms with E-state index in [1.54, 1.807) is 6.07 Å². The van der Waals surface area contributed by atoms with E-state index in [9.17, 15) is 8.78 Å². The summed E-state index contributed by atoms with van der Waals surface area (Å²) in [7, 11) is 0. The third kappa shape index (κ3) is 3.25. The molecule has 2 N–H and O–H groups in total. The molecule has 2 atom stereocenters. The fourth-order valence-electron chi connectivity index (χ4n) is 2.64. The van der Waals surface area contributed by atoms with Gasteiger partial charge in [-0.2, -0.15) is 0 Å². The van der Waals surface area contributed by atoms with Gasteiger partial charge < -0.3 is 5.73 Å². The van der Waals surface area contributed by atoms with E-state index >= 15 is 0 Å². The van der Waals surface area contributed by atoms with Crippen molar-refractivity contribution in [3.05, 3.63) is 35.4 Å². The molecule has 17 heavy (non-hydrogen) atoms. The molecule has 0 aliphatic heterocycles. The maximum atomic E-state index is 13.6. The quantitative estimate of drug-likeness (QED) is 0.786. The van der Waals surface area contributed by atoms with Gasteiger partial charge >= 0.3 is 0 Å². The molecule has 0 aromatic heterocycles. The van der Waals surface area contributed by atoms with E-state index in [1.807, 2.05) is 0 Å². The Hall–Kier alpha value is -0.960. The summed E-state index contributed by atoms with van der Waals surface area (Å²) in [5.74, 6) is -0.629. The molecule has 1 saturated carbocycles. The van der Waals surface area contributed by atoms with Gasteiger partial charge in [-0.3, -0.25) is 0 Å². The van der Waals surface area contributed by atoms with Gasteiger partial charge in [-0.15, -0.1) is 0 Å². The lowest BCUT2D eigenvalue weighted by molar-refractivity contribution is 0.389. The summed E-state index contributed by atoms with van der Waals surface area (Å²) in [5.41, 5.74) is 6.70. The van der Waals surface area contributed by atoms with Crippen LogP contribution in [0.1, 0.15) is 37.7 Å². The normalized spacial score (nSPS) is 25.6. The molecule has 1 aromatic carbocycles. The summed E-state index contributed by atoms with van der Waals surface area (Å²) >= 11 is 0. The molecule has 1 nitrogen and oxygen atoms in total. The van der Waals surface area contributed by atoms with Crippen LogP contribution in [0.15, 0.2) is 18.2 Å². The Morgan fingerprint density at radius 2 is 1.88 bits per heavy atom. The average molecular weight is 239 g/mol. The maximum Gasteiger partial charge on any atom is 0.129 e.